The Hall–Kier alpha value is -2.90. The number of nitrogens with one attached hydrogen (secondary N) is 2. The summed E-state index contributed by atoms with van der Waals surface area (Å²) >= 11 is 0. The zero-order valence-electron chi connectivity index (χ0n) is 16.9. The van der Waals surface area contributed by atoms with E-state index in [1.54, 1.807) is 0 Å². The molecule has 6 rings (SSSR count). The summed E-state index contributed by atoms with van der Waals surface area (Å²) in [7, 11) is 0. The average molecular weight is 404 g/mol. The van der Waals surface area contributed by atoms with Gasteiger partial charge in [-0.1, -0.05) is 18.2 Å². The molecule has 154 valence electrons. The third kappa shape index (κ3) is 2.73. The van der Waals surface area contributed by atoms with Gasteiger partial charge in [0.25, 0.3) is 5.91 Å². The van der Waals surface area contributed by atoms with Crippen LogP contribution in [0.25, 0.3) is 11.1 Å². The molecule has 1 unspecified atom stereocenters. The molecular formula is C23H24N4O3. The third-order valence-electron chi connectivity index (χ3n) is 6.89. The highest BCUT2D eigenvalue weighted by molar-refractivity contribution is 5.99. The highest BCUT2D eigenvalue weighted by Gasteiger charge is 2.47. The van der Waals surface area contributed by atoms with Crippen LogP contribution in [0.4, 0.5) is 0 Å². The molecule has 1 spiro atoms. The Balaban J connectivity index is 1.20. The molecule has 30 heavy (non-hydrogen) atoms. The van der Waals surface area contributed by atoms with Crippen LogP contribution in [0.5, 0.6) is 0 Å². The van der Waals surface area contributed by atoms with Crippen LogP contribution in [0.2, 0.25) is 0 Å². The summed E-state index contributed by atoms with van der Waals surface area (Å²) in [6.07, 6.45) is 0. The van der Waals surface area contributed by atoms with Crippen molar-refractivity contribution in [1.29, 1.82) is 0 Å². The predicted molar refractivity (Wildman–Crippen MR) is 112 cm³/mol. The quantitative estimate of drug-likeness (QED) is 0.697. The lowest BCUT2D eigenvalue weighted by atomic mass is 9.74. The van der Waals surface area contributed by atoms with E-state index < -0.39 is 5.76 Å². The van der Waals surface area contributed by atoms with E-state index in [4.69, 9.17) is 4.42 Å². The minimum absolute atomic E-state index is 0.0138. The fourth-order valence-electron chi connectivity index (χ4n) is 5.22. The molecule has 0 saturated carbocycles. The summed E-state index contributed by atoms with van der Waals surface area (Å²) in [4.78, 5) is 31.5. The van der Waals surface area contributed by atoms with Gasteiger partial charge in [0.1, 0.15) is 0 Å². The number of fused-ring (bicyclic) bond motifs is 2. The number of rotatable bonds is 4. The van der Waals surface area contributed by atoms with Gasteiger partial charge in [0.15, 0.2) is 5.58 Å². The van der Waals surface area contributed by atoms with E-state index >= 15 is 0 Å². The van der Waals surface area contributed by atoms with Crippen molar-refractivity contribution in [3.63, 3.8) is 0 Å². The van der Waals surface area contributed by atoms with Crippen LogP contribution in [0, 0.1) is 5.41 Å². The standard InChI is InChI=1S/C23H24N4O3/c1-14-18-6-15(8-26-12-23(13-26)10-24-11-23)2-4-17(18)21(28)27(14)9-16-3-5-19-20(7-16)30-22(29)25-19/h2-7,14,24H,8-13H2,1H3,(H,25,29). The van der Waals surface area contributed by atoms with Gasteiger partial charge >= 0.3 is 5.76 Å². The molecule has 1 amide bonds. The number of aromatic amines is 1. The smallest absolute Gasteiger partial charge is 0.408 e. The summed E-state index contributed by atoms with van der Waals surface area (Å²) < 4.78 is 5.16. The Morgan fingerprint density at radius 1 is 1.07 bits per heavy atom. The maximum Gasteiger partial charge on any atom is 0.417 e. The topological polar surface area (TPSA) is 81.6 Å². The summed E-state index contributed by atoms with van der Waals surface area (Å²) in [6, 6.07) is 11.9. The van der Waals surface area contributed by atoms with E-state index in [1.165, 1.54) is 5.56 Å². The molecule has 0 aliphatic carbocycles. The third-order valence-corrected chi connectivity index (χ3v) is 6.89. The molecule has 3 aromatic rings. The number of likely N-dealkylation sites (tertiary alicyclic amines) is 1. The Bertz CT molecular complexity index is 1210. The first kappa shape index (κ1) is 17.9. The molecule has 2 saturated heterocycles. The number of carbonyl (C=O) groups excluding carboxylic acids is 1. The lowest BCUT2D eigenvalue weighted by Crippen LogP contribution is -2.70. The van der Waals surface area contributed by atoms with Gasteiger partial charge in [-0.15, -0.1) is 0 Å². The highest BCUT2D eigenvalue weighted by Crippen LogP contribution is 2.38. The van der Waals surface area contributed by atoms with E-state index in [2.05, 4.69) is 34.3 Å². The molecule has 7 nitrogen and oxygen atoms in total. The zero-order valence-corrected chi connectivity index (χ0v) is 16.9. The number of nitrogens with zero attached hydrogens (tertiary/aromatic N) is 2. The van der Waals surface area contributed by atoms with Crippen molar-refractivity contribution >= 4 is 17.0 Å². The number of aromatic nitrogens is 1. The SMILES string of the molecule is CC1c2cc(CN3CC4(CNC4)C3)ccc2C(=O)N1Cc1ccc2[nH]c(=O)oc2c1. The molecule has 7 heteroatoms. The van der Waals surface area contributed by atoms with Gasteiger partial charge in [-0.3, -0.25) is 14.7 Å². The first-order chi connectivity index (χ1) is 14.5. The van der Waals surface area contributed by atoms with Crippen LogP contribution in [0.15, 0.2) is 45.6 Å². The van der Waals surface area contributed by atoms with Crippen LogP contribution in [-0.4, -0.2) is 46.9 Å². The second-order valence-electron chi connectivity index (χ2n) is 9.12. The molecule has 3 aliphatic rings. The Morgan fingerprint density at radius 3 is 2.60 bits per heavy atom. The molecule has 2 aromatic carbocycles. The monoisotopic (exact) mass is 404 g/mol. The molecule has 0 radical (unpaired) electrons. The van der Waals surface area contributed by atoms with Gasteiger partial charge < -0.3 is 14.6 Å². The van der Waals surface area contributed by atoms with E-state index in [0.717, 1.165) is 49.4 Å². The van der Waals surface area contributed by atoms with Crippen molar-refractivity contribution in [1.82, 2.24) is 20.1 Å². The molecule has 0 bridgehead atoms. The van der Waals surface area contributed by atoms with E-state index in [-0.39, 0.29) is 11.9 Å². The van der Waals surface area contributed by atoms with Gasteiger partial charge in [-0.25, -0.2) is 4.79 Å². The summed E-state index contributed by atoms with van der Waals surface area (Å²) in [6.45, 7) is 8.12. The minimum atomic E-state index is -0.464. The Kier molecular flexibility index (Phi) is 3.76. The maximum absolute atomic E-state index is 13.0. The van der Waals surface area contributed by atoms with Crippen molar-refractivity contribution in [2.45, 2.75) is 26.1 Å². The maximum atomic E-state index is 13.0. The Morgan fingerprint density at radius 2 is 1.83 bits per heavy atom. The van der Waals surface area contributed by atoms with Crippen molar-refractivity contribution in [2.24, 2.45) is 5.41 Å². The van der Waals surface area contributed by atoms with Crippen molar-refractivity contribution in [3.05, 3.63) is 69.2 Å². The van der Waals surface area contributed by atoms with Crippen molar-refractivity contribution < 1.29 is 9.21 Å². The predicted octanol–water partition coefficient (Wildman–Crippen LogP) is 2.24. The second-order valence-corrected chi connectivity index (χ2v) is 9.12. The van der Waals surface area contributed by atoms with Crippen LogP contribution >= 0.6 is 0 Å². The number of hydrogen-bond acceptors (Lipinski definition) is 5. The summed E-state index contributed by atoms with van der Waals surface area (Å²) in [5, 5.41) is 3.38. The van der Waals surface area contributed by atoms with E-state index in [9.17, 15) is 9.59 Å². The van der Waals surface area contributed by atoms with Crippen LogP contribution in [0.1, 0.15) is 40.0 Å². The molecule has 1 aromatic heterocycles. The zero-order chi connectivity index (χ0) is 20.5. The van der Waals surface area contributed by atoms with Gasteiger partial charge in [-0.05, 0) is 41.8 Å². The van der Waals surface area contributed by atoms with Crippen molar-refractivity contribution in [2.75, 3.05) is 26.2 Å². The van der Waals surface area contributed by atoms with Gasteiger partial charge in [0.2, 0.25) is 0 Å². The number of hydrogen-bond donors (Lipinski definition) is 2. The first-order valence-corrected chi connectivity index (χ1v) is 10.5. The van der Waals surface area contributed by atoms with Gasteiger partial charge in [0, 0.05) is 50.2 Å². The lowest BCUT2D eigenvalue weighted by Gasteiger charge is -2.56. The van der Waals surface area contributed by atoms with E-state index in [1.807, 2.05) is 29.2 Å². The number of amides is 1. The Labute approximate surface area is 173 Å². The molecule has 2 fully saturated rings. The van der Waals surface area contributed by atoms with Crippen LogP contribution in [0.3, 0.4) is 0 Å². The lowest BCUT2D eigenvalue weighted by molar-refractivity contribution is -0.0444. The normalized spacial score (nSPS) is 22.4. The number of oxazole rings is 1. The van der Waals surface area contributed by atoms with Gasteiger partial charge in [0.05, 0.1) is 11.6 Å². The van der Waals surface area contributed by atoms with E-state index in [0.29, 0.717) is 23.1 Å². The van der Waals surface area contributed by atoms with Gasteiger partial charge in [-0.2, -0.15) is 0 Å². The first-order valence-electron chi connectivity index (χ1n) is 10.5. The second kappa shape index (κ2) is 6.30. The fraction of sp³-hybridized carbons (Fsp3) is 0.391. The largest absolute Gasteiger partial charge is 0.417 e. The minimum Gasteiger partial charge on any atom is -0.408 e. The fourth-order valence-corrected chi connectivity index (χ4v) is 5.22. The molecule has 2 N–H and O–H groups in total. The number of benzene rings is 2. The van der Waals surface area contributed by atoms with Crippen LogP contribution < -0.4 is 11.1 Å². The average Bonchev–Trinajstić information content (AvgIpc) is 3.14. The number of H-pyrrole nitrogens is 1. The molecule has 4 heterocycles. The van der Waals surface area contributed by atoms with Crippen molar-refractivity contribution in [3.8, 4) is 0 Å². The molecular weight excluding hydrogens is 380 g/mol. The molecule has 1 atom stereocenters. The number of carbonyl (C=O) groups is 1. The summed E-state index contributed by atoms with van der Waals surface area (Å²) in [5.41, 5.74) is 5.83. The highest BCUT2D eigenvalue weighted by atomic mass is 16.4. The van der Waals surface area contributed by atoms with Crippen LogP contribution in [-0.2, 0) is 13.1 Å². The molecule has 3 aliphatic heterocycles. The summed E-state index contributed by atoms with van der Waals surface area (Å²) in [5.74, 6) is -0.405.